The van der Waals surface area contributed by atoms with Crippen LogP contribution in [0.25, 0.3) is 0 Å². The Kier molecular flexibility index (Phi) is 7.80. The first-order valence-corrected chi connectivity index (χ1v) is 12.4. The summed E-state index contributed by atoms with van der Waals surface area (Å²) in [6.45, 7) is 11.2. The van der Waals surface area contributed by atoms with Crippen molar-refractivity contribution in [1.29, 1.82) is 0 Å². The van der Waals surface area contributed by atoms with Gasteiger partial charge in [-0.05, 0) is 113 Å². The van der Waals surface area contributed by atoms with Crippen LogP contribution in [-0.4, -0.2) is 32.7 Å². The summed E-state index contributed by atoms with van der Waals surface area (Å²) in [4.78, 5) is 52.8. The molecule has 0 spiro atoms. The zero-order chi connectivity index (χ0) is 28.3. The van der Waals surface area contributed by atoms with Crippen molar-refractivity contribution in [2.24, 2.45) is 0 Å². The summed E-state index contributed by atoms with van der Waals surface area (Å²) in [6.07, 6.45) is 0. The van der Waals surface area contributed by atoms with E-state index in [4.69, 9.17) is 0 Å². The molecule has 3 heterocycles. The topological polar surface area (TPSA) is 126 Å². The fraction of sp³-hybridized carbons (Fsp3) is 0.200. The van der Waals surface area contributed by atoms with Crippen LogP contribution in [-0.2, 0) is 0 Å². The predicted molar refractivity (Wildman–Crippen MR) is 151 cm³/mol. The molecule has 9 heteroatoms. The number of anilines is 3. The van der Waals surface area contributed by atoms with Crippen molar-refractivity contribution in [3.8, 4) is 0 Å². The van der Waals surface area contributed by atoms with Crippen molar-refractivity contribution in [3.05, 3.63) is 105 Å². The Labute approximate surface area is 227 Å². The molecule has 1 aromatic carbocycles. The third-order valence-electron chi connectivity index (χ3n) is 5.74. The van der Waals surface area contributed by atoms with E-state index in [1.807, 2.05) is 59.7 Å². The molecule has 3 N–H and O–H groups in total. The number of nitrogens with one attached hydrogen (secondary N) is 3. The molecule has 198 valence electrons. The van der Waals surface area contributed by atoms with E-state index in [0.717, 1.165) is 33.8 Å². The van der Waals surface area contributed by atoms with Gasteiger partial charge in [-0.25, -0.2) is 15.0 Å². The first-order chi connectivity index (χ1) is 18.4. The molecular weight excluding hydrogens is 492 g/mol. The van der Waals surface area contributed by atoms with Crippen molar-refractivity contribution >= 4 is 35.2 Å². The molecule has 4 rings (SSSR count). The molecule has 0 aliphatic carbocycles. The standard InChI is InChI=1S/C30H30N6O3/c1-16-7-19(4)31-25(10-16)34-28(37)22-13-23(29(38)35-26-11-17(2)8-20(5)32-26)15-24(14-22)30(39)36-27-12-18(3)9-21(6)33-27/h7-15H,1-6H3,(H,31,34,37)(H,32,35,38)(H,33,36,39). The Morgan fingerprint density at radius 3 is 0.923 bits per heavy atom. The molecule has 0 saturated carbocycles. The fourth-order valence-electron chi connectivity index (χ4n) is 4.30. The number of rotatable bonds is 6. The summed E-state index contributed by atoms with van der Waals surface area (Å²) in [6, 6.07) is 15.2. The van der Waals surface area contributed by atoms with Crippen LogP contribution in [0.15, 0.2) is 54.6 Å². The number of hydrogen-bond donors (Lipinski definition) is 3. The van der Waals surface area contributed by atoms with Crippen LogP contribution in [0.2, 0.25) is 0 Å². The maximum atomic E-state index is 13.2. The molecule has 0 atom stereocenters. The molecule has 0 bridgehead atoms. The summed E-state index contributed by atoms with van der Waals surface area (Å²) in [7, 11) is 0. The van der Waals surface area contributed by atoms with Crippen molar-refractivity contribution in [3.63, 3.8) is 0 Å². The lowest BCUT2D eigenvalue weighted by Crippen LogP contribution is -2.20. The van der Waals surface area contributed by atoms with Gasteiger partial charge >= 0.3 is 0 Å². The Morgan fingerprint density at radius 2 is 0.692 bits per heavy atom. The molecule has 0 unspecified atom stereocenters. The van der Waals surface area contributed by atoms with Gasteiger partial charge in [0.1, 0.15) is 17.5 Å². The van der Waals surface area contributed by atoms with Gasteiger partial charge < -0.3 is 16.0 Å². The van der Waals surface area contributed by atoms with E-state index in [1.165, 1.54) is 18.2 Å². The van der Waals surface area contributed by atoms with Gasteiger partial charge in [0.05, 0.1) is 0 Å². The second-order valence-corrected chi connectivity index (χ2v) is 9.67. The normalized spacial score (nSPS) is 10.6. The van der Waals surface area contributed by atoms with Crippen LogP contribution in [0.5, 0.6) is 0 Å². The van der Waals surface area contributed by atoms with Gasteiger partial charge in [-0.2, -0.15) is 0 Å². The predicted octanol–water partition coefficient (Wildman–Crippen LogP) is 5.48. The van der Waals surface area contributed by atoms with E-state index in [1.54, 1.807) is 18.2 Å². The lowest BCUT2D eigenvalue weighted by molar-refractivity contribution is 0.102. The molecule has 0 aliphatic heterocycles. The number of hydrogen-bond acceptors (Lipinski definition) is 6. The smallest absolute Gasteiger partial charge is 0.256 e. The van der Waals surface area contributed by atoms with Crippen LogP contribution in [0.3, 0.4) is 0 Å². The van der Waals surface area contributed by atoms with E-state index < -0.39 is 17.7 Å². The summed E-state index contributed by atoms with van der Waals surface area (Å²) >= 11 is 0. The SMILES string of the molecule is Cc1cc(C)nc(NC(=O)c2cc(C(=O)Nc3cc(C)cc(C)n3)cc(C(=O)Nc3cc(C)cc(C)n3)c2)c1. The number of aromatic nitrogens is 3. The summed E-state index contributed by atoms with van der Waals surface area (Å²) in [5, 5.41) is 8.29. The van der Waals surface area contributed by atoms with Gasteiger partial charge in [0.25, 0.3) is 17.7 Å². The number of carbonyl (C=O) groups is 3. The van der Waals surface area contributed by atoms with Crippen LogP contribution in [0.1, 0.15) is 64.8 Å². The zero-order valence-corrected chi connectivity index (χ0v) is 22.8. The monoisotopic (exact) mass is 522 g/mol. The highest BCUT2D eigenvalue weighted by Crippen LogP contribution is 2.18. The minimum atomic E-state index is -0.509. The number of nitrogens with zero attached hydrogens (tertiary/aromatic N) is 3. The Bertz CT molecular complexity index is 1350. The van der Waals surface area contributed by atoms with Gasteiger partial charge in [-0.15, -0.1) is 0 Å². The largest absolute Gasteiger partial charge is 0.307 e. The number of pyridine rings is 3. The molecule has 0 radical (unpaired) electrons. The maximum absolute atomic E-state index is 13.2. The highest BCUT2D eigenvalue weighted by molar-refractivity contribution is 6.12. The molecule has 4 aromatic rings. The van der Waals surface area contributed by atoms with E-state index in [9.17, 15) is 14.4 Å². The third kappa shape index (κ3) is 7.10. The third-order valence-corrected chi connectivity index (χ3v) is 5.74. The molecule has 3 amide bonds. The first-order valence-electron chi connectivity index (χ1n) is 12.4. The van der Waals surface area contributed by atoms with Gasteiger partial charge in [0.2, 0.25) is 0 Å². The number of amides is 3. The molecule has 39 heavy (non-hydrogen) atoms. The van der Waals surface area contributed by atoms with Crippen LogP contribution in [0.4, 0.5) is 17.5 Å². The van der Waals surface area contributed by atoms with Crippen molar-refractivity contribution < 1.29 is 14.4 Å². The fourth-order valence-corrected chi connectivity index (χ4v) is 4.30. The first kappa shape index (κ1) is 27.1. The molecule has 9 nitrogen and oxygen atoms in total. The Balaban J connectivity index is 1.69. The number of carbonyl (C=O) groups excluding carboxylic acids is 3. The quantitative estimate of drug-likeness (QED) is 0.308. The zero-order valence-electron chi connectivity index (χ0n) is 22.8. The van der Waals surface area contributed by atoms with Crippen molar-refractivity contribution in [1.82, 2.24) is 15.0 Å². The second-order valence-electron chi connectivity index (χ2n) is 9.67. The summed E-state index contributed by atoms with van der Waals surface area (Å²) < 4.78 is 0. The van der Waals surface area contributed by atoms with Crippen LogP contribution < -0.4 is 16.0 Å². The number of benzene rings is 1. The average Bonchev–Trinajstić information content (AvgIpc) is 2.81. The highest BCUT2D eigenvalue weighted by Gasteiger charge is 2.18. The molecule has 0 aliphatic rings. The van der Waals surface area contributed by atoms with Crippen molar-refractivity contribution in [2.75, 3.05) is 16.0 Å². The highest BCUT2D eigenvalue weighted by atomic mass is 16.2. The van der Waals surface area contributed by atoms with Gasteiger partial charge in [0, 0.05) is 33.8 Å². The maximum Gasteiger partial charge on any atom is 0.256 e. The van der Waals surface area contributed by atoms with Crippen LogP contribution >= 0.6 is 0 Å². The average molecular weight is 523 g/mol. The Hall–Kier alpha value is -4.92. The lowest BCUT2D eigenvalue weighted by Gasteiger charge is -2.12. The Morgan fingerprint density at radius 1 is 0.436 bits per heavy atom. The molecule has 0 fully saturated rings. The molecule has 3 aromatic heterocycles. The van der Waals surface area contributed by atoms with Gasteiger partial charge in [-0.1, -0.05) is 0 Å². The summed E-state index contributed by atoms with van der Waals surface area (Å²) in [5.41, 5.74) is 5.43. The second kappa shape index (κ2) is 11.2. The minimum absolute atomic E-state index is 0.121. The van der Waals surface area contributed by atoms with E-state index in [2.05, 4.69) is 30.9 Å². The van der Waals surface area contributed by atoms with E-state index in [-0.39, 0.29) is 16.7 Å². The molecular formula is C30H30N6O3. The minimum Gasteiger partial charge on any atom is -0.307 e. The van der Waals surface area contributed by atoms with E-state index >= 15 is 0 Å². The van der Waals surface area contributed by atoms with Gasteiger partial charge in [0.15, 0.2) is 0 Å². The van der Waals surface area contributed by atoms with Crippen LogP contribution in [0, 0.1) is 41.5 Å². The number of aryl methyl sites for hydroxylation is 6. The lowest BCUT2D eigenvalue weighted by atomic mass is 10.0. The molecule has 0 saturated heterocycles. The van der Waals surface area contributed by atoms with E-state index in [0.29, 0.717) is 17.5 Å². The van der Waals surface area contributed by atoms with Crippen molar-refractivity contribution in [2.45, 2.75) is 41.5 Å². The van der Waals surface area contributed by atoms with Gasteiger partial charge in [-0.3, -0.25) is 14.4 Å². The summed E-state index contributed by atoms with van der Waals surface area (Å²) in [5.74, 6) is -0.410.